The molecule has 3 saturated heterocycles. The molecule has 4 saturated carbocycles. The summed E-state index contributed by atoms with van der Waals surface area (Å²) in [6.07, 6.45) is -19.0. The van der Waals surface area contributed by atoms with Crippen LogP contribution in [0, 0.1) is 45.3 Å². The lowest BCUT2D eigenvalue weighted by molar-refractivity contribution is -0.382. The first-order valence-corrected chi connectivity index (χ1v) is 24.5. The molecule has 68 heavy (non-hydrogen) atoms. The first kappa shape index (κ1) is 54.7. The van der Waals surface area contributed by atoms with Gasteiger partial charge in [0.25, 0.3) is 0 Å². The first-order chi connectivity index (χ1) is 31.6. The first-order valence-electron chi connectivity index (χ1n) is 24.5. The molecule has 13 N–H and O–H groups in total. The van der Waals surface area contributed by atoms with Gasteiger partial charge in [0.15, 0.2) is 18.9 Å². The van der Waals surface area contributed by atoms with Crippen LogP contribution in [0.4, 0.5) is 0 Å². The summed E-state index contributed by atoms with van der Waals surface area (Å²) in [6.45, 7) is 15.8. The summed E-state index contributed by atoms with van der Waals surface area (Å²) < 4.78 is 37.9. The Kier molecular flexibility index (Phi) is 15.8. The maximum absolute atomic E-state index is 12.8. The Hall–Kier alpha value is -1.06. The maximum Gasteiger partial charge on any atom is 0.187 e. The van der Waals surface area contributed by atoms with E-state index in [0.717, 1.165) is 0 Å². The highest BCUT2D eigenvalue weighted by atomic mass is 17.1. The van der Waals surface area contributed by atoms with Crippen LogP contribution in [0.15, 0.2) is 12.2 Å². The normalized spacial score (nSPS) is 52.8. The molecule has 20 nitrogen and oxygen atoms in total. The monoisotopic (exact) mass is 979 g/mol. The van der Waals surface area contributed by atoms with E-state index in [1.807, 2.05) is 20.8 Å². The number of rotatable bonds is 13. The van der Waals surface area contributed by atoms with Gasteiger partial charge >= 0.3 is 0 Å². The van der Waals surface area contributed by atoms with Crippen LogP contribution in [0.2, 0.25) is 0 Å². The van der Waals surface area contributed by atoms with E-state index in [9.17, 15) is 66.5 Å². The molecule has 7 rings (SSSR count). The van der Waals surface area contributed by atoms with Crippen LogP contribution in [0.5, 0.6) is 0 Å². The molecule has 7 aliphatic rings. The minimum atomic E-state index is -1.77. The summed E-state index contributed by atoms with van der Waals surface area (Å²) in [7, 11) is 0. The van der Waals surface area contributed by atoms with Crippen molar-refractivity contribution in [3.05, 3.63) is 12.2 Å². The molecule has 0 bridgehead atoms. The summed E-state index contributed by atoms with van der Waals surface area (Å²) >= 11 is 0. The molecule has 394 valence electrons. The van der Waals surface area contributed by atoms with Gasteiger partial charge in [-0.15, -0.1) is 0 Å². The highest BCUT2D eigenvalue weighted by Crippen LogP contribution is 2.76. The lowest BCUT2D eigenvalue weighted by atomic mass is 9.34. The number of aliphatic hydroxyl groups excluding tert-OH is 12. The van der Waals surface area contributed by atoms with Crippen molar-refractivity contribution in [3.8, 4) is 0 Å². The number of aliphatic hydroxyl groups is 12. The van der Waals surface area contributed by atoms with Gasteiger partial charge in [0.05, 0.1) is 43.2 Å². The van der Waals surface area contributed by atoms with Crippen molar-refractivity contribution < 1.29 is 99.8 Å². The van der Waals surface area contributed by atoms with Crippen LogP contribution >= 0.6 is 0 Å². The zero-order chi connectivity index (χ0) is 50.4. The number of hydrogen-bond donors (Lipinski definition) is 13. The Morgan fingerprint density at radius 1 is 0.662 bits per heavy atom. The topological polar surface area (TPSA) is 328 Å². The predicted molar refractivity (Wildman–Crippen MR) is 236 cm³/mol. The molecule has 20 heteroatoms. The van der Waals surface area contributed by atoms with Gasteiger partial charge in [0.1, 0.15) is 72.7 Å². The van der Waals surface area contributed by atoms with Crippen LogP contribution in [0.25, 0.3) is 0 Å². The van der Waals surface area contributed by atoms with E-state index in [2.05, 4.69) is 25.7 Å². The Bertz CT molecular complexity index is 1750. The maximum atomic E-state index is 12.8. The van der Waals surface area contributed by atoms with Crippen LogP contribution in [-0.4, -0.2) is 201 Å². The SMILES string of the molecule is C[C@@H]1O[C@@H](O[C@H]2[C@H](O[C@H]3C[C@]4(C)[C@H](C[C@@H](O)[C@@H]5[C@@H]([C@](C)(C/C=C\C(C)(C)OO)O[C@@H]6O[C@H](CO)[C@@H](O)[C@H](O)[C@H]6O)CC[C@]54C)[C@@]4(C)CC[C@H](O)C(C)(C)[C@H]34)O[C@H](CO)[C@@H](O)[C@@H]2O)[C@H](O)[C@H](O)[C@H]1O. The second kappa shape index (κ2) is 19.7. The second-order valence-corrected chi connectivity index (χ2v) is 23.5. The van der Waals surface area contributed by atoms with Gasteiger partial charge in [-0.25, -0.2) is 4.89 Å². The molecule has 0 aromatic heterocycles. The average Bonchev–Trinajstić information content (AvgIpc) is 3.67. The van der Waals surface area contributed by atoms with E-state index in [4.69, 9.17) is 28.4 Å². The molecule has 26 atom stereocenters. The van der Waals surface area contributed by atoms with Crippen LogP contribution in [0.3, 0.4) is 0 Å². The molecule has 0 unspecified atom stereocenters. The van der Waals surface area contributed by atoms with Crippen molar-refractivity contribution in [1.29, 1.82) is 0 Å². The van der Waals surface area contributed by atoms with Crippen molar-refractivity contribution >= 4 is 0 Å². The number of hydrogen-bond acceptors (Lipinski definition) is 20. The van der Waals surface area contributed by atoms with E-state index in [0.29, 0.717) is 38.5 Å². The molecule has 3 heterocycles. The number of fused-ring (bicyclic) bond motifs is 5. The van der Waals surface area contributed by atoms with Crippen molar-refractivity contribution in [2.24, 2.45) is 45.3 Å². The van der Waals surface area contributed by atoms with Crippen LogP contribution in [0.1, 0.15) is 107 Å². The minimum absolute atomic E-state index is 0.140. The zero-order valence-corrected chi connectivity index (χ0v) is 40.9. The quantitative estimate of drug-likeness (QED) is 0.0476. The number of ether oxygens (including phenoxy) is 6. The standard InChI is InChI=1S/C48H82O20/c1-21-30(53)33(56)36(59)40(62-21)66-38-35(58)32(55)26(20-50)65-42(38)63-24-18-47(8)27(45(6)15-12-28(52)44(4,5)39(24)45)17-23(51)29-22(11-16-46(29,47)7)48(9,14-10-13-43(2,3)68-61)67-41-37(60)34(57)31(54)25(19-49)64-41/h10,13,21-42,49-61H,11-12,14-20H2,1-9H3/b13-10-/t21-,22-,23+,24-,25+,26+,27+,28-,29-,30-,31+,32+,33+,34-,35-,36+,37+,38+,39-,40-,41-,42+,45+,46+,47+,48-/m0/s1. The molecule has 0 aromatic carbocycles. The van der Waals surface area contributed by atoms with Crippen LogP contribution < -0.4 is 0 Å². The summed E-state index contributed by atoms with van der Waals surface area (Å²) in [5, 5.41) is 142. The molecule has 0 radical (unpaired) electrons. The fourth-order valence-corrected chi connectivity index (χ4v) is 14.8. The summed E-state index contributed by atoms with van der Waals surface area (Å²) in [4.78, 5) is 4.67. The second-order valence-electron chi connectivity index (χ2n) is 23.5. The Morgan fingerprint density at radius 3 is 1.87 bits per heavy atom. The van der Waals surface area contributed by atoms with Gasteiger partial charge in [0, 0.05) is 0 Å². The van der Waals surface area contributed by atoms with E-state index < -0.39 is 174 Å². The minimum Gasteiger partial charge on any atom is -0.394 e. The Balaban J connectivity index is 1.28. The zero-order valence-electron chi connectivity index (χ0n) is 40.9. The highest BCUT2D eigenvalue weighted by molar-refractivity contribution is 5.22. The average molecular weight is 979 g/mol. The van der Waals surface area contributed by atoms with Gasteiger partial charge in [-0.1, -0.05) is 46.8 Å². The van der Waals surface area contributed by atoms with Gasteiger partial charge in [0.2, 0.25) is 0 Å². The summed E-state index contributed by atoms with van der Waals surface area (Å²) in [6, 6.07) is 0. The fraction of sp³-hybridized carbons (Fsp3) is 0.958. The molecule has 7 fully saturated rings. The van der Waals surface area contributed by atoms with E-state index in [1.54, 1.807) is 26.0 Å². The van der Waals surface area contributed by atoms with Gasteiger partial charge in [-0.05, 0) is 118 Å². The lowest BCUT2D eigenvalue weighted by Gasteiger charge is -2.72. The van der Waals surface area contributed by atoms with E-state index in [1.165, 1.54) is 6.92 Å². The van der Waals surface area contributed by atoms with Crippen molar-refractivity contribution in [3.63, 3.8) is 0 Å². The third-order valence-corrected chi connectivity index (χ3v) is 18.8. The molecule has 3 aliphatic heterocycles. The Labute approximate surface area is 398 Å². The smallest absolute Gasteiger partial charge is 0.187 e. The summed E-state index contributed by atoms with van der Waals surface area (Å²) in [5.74, 6) is -1.45. The van der Waals surface area contributed by atoms with Gasteiger partial charge < -0.3 is 89.7 Å². The molecule has 4 aliphatic carbocycles. The van der Waals surface area contributed by atoms with Crippen molar-refractivity contribution in [2.45, 2.75) is 229 Å². The fourth-order valence-electron chi connectivity index (χ4n) is 14.8. The Morgan fingerprint density at radius 2 is 1.25 bits per heavy atom. The predicted octanol–water partition coefficient (Wildman–Crippen LogP) is -0.560. The van der Waals surface area contributed by atoms with Gasteiger partial charge in [-0.3, -0.25) is 5.26 Å². The molecule has 0 amide bonds. The largest absolute Gasteiger partial charge is 0.394 e. The third-order valence-electron chi connectivity index (χ3n) is 18.8. The highest BCUT2D eigenvalue weighted by Gasteiger charge is 2.74. The van der Waals surface area contributed by atoms with Crippen molar-refractivity contribution in [1.82, 2.24) is 0 Å². The third kappa shape index (κ3) is 9.09. The molecular weight excluding hydrogens is 897 g/mol. The molecule has 0 aromatic rings. The van der Waals surface area contributed by atoms with E-state index >= 15 is 0 Å². The lowest BCUT2D eigenvalue weighted by Crippen LogP contribution is -2.71. The molecular formula is C48H82O20. The van der Waals surface area contributed by atoms with Crippen LogP contribution in [-0.2, 0) is 33.3 Å². The van der Waals surface area contributed by atoms with E-state index in [-0.39, 0.29) is 12.3 Å². The van der Waals surface area contributed by atoms with Gasteiger partial charge in [-0.2, -0.15) is 0 Å². The van der Waals surface area contributed by atoms with Crippen molar-refractivity contribution in [2.75, 3.05) is 13.2 Å². The summed E-state index contributed by atoms with van der Waals surface area (Å²) in [5.41, 5.74) is -5.04. The molecule has 0 spiro atoms.